The van der Waals surface area contributed by atoms with E-state index >= 15 is 0 Å². The van der Waals surface area contributed by atoms with Gasteiger partial charge in [-0.15, -0.1) is 0 Å². The van der Waals surface area contributed by atoms with E-state index in [1.807, 2.05) is 25.5 Å². The first-order valence-corrected chi connectivity index (χ1v) is 6.12. The molecule has 0 amide bonds. The summed E-state index contributed by atoms with van der Waals surface area (Å²) in [5, 5.41) is 14.6. The average Bonchev–Trinajstić information content (AvgIpc) is 2.59. The highest BCUT2D eigenvalue weighted by Crippen LogP contribution is 2.21. The number of rotatable bonds is 4. The molecule has 1 unspecified atom stereocenters. The summed E-state index contributed by atoms with van der Waals surface area (Å²) < 4.78 is 1.95. The SMILES string of the molecule is CCc1cc(CC)n(CC(O)C(C)(C)C)n1. The lowest BCUT2D eigenvalue weighted by molar-refractivity contribution is 0.0443. The number of aryl methyl sites for hydroxylation is 2. The summed E-state index contributed by atoms with van der Waals surface area (Å²) in [4.78, 5) is 0. The number of aliphatic hydroxyl groups is 1. The summed E-state index contributed by atoms with van der Waals surface area (Å²) in [5.74, 6) is 0. The molecule has 1 aromatic rings. The highest BCUT2D eigenvalue weighted by molar-refractivity contribution is 5.10. The van der Waals surface area contributed by atoms with E-state index in [9.17, 15) is 5.11 Å². The summed E-state index contributed by atoms with van der Waals surface area (Å²) in [6.07, 6.45) is 1.55. The molecule has 0 bridgehead atoms. The molecule has 0 aliphatic rings. The fourth-order valence-corrected chi connectivity index (χ4v) is 1.57. The third-order valence-corrected chi connectivity index (χ3v) is 2.98. The molecule has 1 heterocycles. The predicted molar refractivity (Wildman–Crippen MR) is 66.4 cm³/mol. The molecule has 0 aliphatic heterocycles. The fourth-order valence-electron chi connectivity index (χ4n) is 1.57. The zero-order valence-electron chi connectivity index (χ0n) is 11.1. The third kappa shape index (κ3) is 3.08. The molecule has 0 saturated carbocycles. The Balaban J connectivity index is 2.83. The largest absolute Gasteiger partial charge is 0.391 e. The Morgan fingerprint density at radius 2 is 1.94 bits per heavy atom. The number of aliphatic hydroxyl groups excluding tert-OH is 1. The zero-order chi connectivity index (χ0) is 12.3. The molecular formula is C13H24N2O. The Hall–Kier alpha value is -0.830. The second-order valence-electron chi connectivity index (χ2n) is 5.40. The van der Waals surface area contributed by atoms with Gasteiger partial charge in [0.2, 0.25) is 0 Å². The molecule has 0 spiro atoms. The van der Waals surface area contributed by atoms with E-state index in [-0.39, 0.29) is 11.5 Å². The van der Waals surface area contributed by atoms with Gasteiger partial charge >= 0.3 is 0 Å². The van der Waals surface area contributed by atoms with Crippen LogP contribution in [-0.2, 0) is 19.4 Å². The van der Waals surface area contributed by atoms with Gasteiger partial charge in [0.05, 0.1) is 18.3 Å². The van der Waals surface area contributed by atoms with E-state index < -0.39 is 0 Å². The summed E-state index contributed by atoms with van der Waals surface area (Å²) in [6.45, 7) is 11.0. The molecule has 1 rings (SSSR count). The highest BCUT2D eigenvalue weighted by atomic mass is 16.3. The summed E-state index contributed by atoms with van der Waals surface area (Å²) >= 11 is 0. The minimum absolute atomic E-state index is 0.0939. The first-order chi connectivity index (χ1) is 7.38. The van der Waals surface area contributed by atoms with Crippen LogP contribution < -0.4 is 0 Å². The van der Waals surface area contributed by atoms with Crippen LogP contribution in [0, 0.1) is 5.41 Å². The van der Waals surface area contributed by atoms with Crippen LogP contribution in [0.25, 0.3) is 0 Å². The number of nitrogens with zero attached hydrogens (tertiary/aromatic N) is 2. The van der Waals surface area contributed by atoms with Gasteiger partial charge in [0, 0.05) is 5.69 Å². The molecule has 0 aliphatic carbocycles. The van der Waals surface area contributed by atoms with Crippen molar-refractivity contribution in [3.8, 4) is 0 Å². The summed E-state index contributed by atoms with van der Waals surface area (Å²) in [5.41, 5.74) is 2.22. The van der Waals surface area contributed by atoms with Crippen LogP contribution in [0.1, 0.15) is 46.0 Å². The van der Waals surface area contributed by atoms with Gasteiger partial charge in [0.1, 0.15) is 0 Å². The van der Waals surface area contributed by atoms with Gasteiger partial charge in [-0.3, -0.25) is 4.68 Å². The third-order valence-electron chi connectivity index (χ3n) is 2.98. The number of aromatic nitrogens is 2. The first-order valence-electron chi connectivity index (χ1n) is 6.12. The van der Waals surface area contributed by atoms with Crippen molar-refractivity contribution < 1.29 is 5.11 Å². The van der Waals surface area contributed by atoms with Gasteiger partial charge in [-0.1, -0.05) is 34.6 Å². The molecule has 16 heavy (non-hydrogen) atoms. The van der Waals surface area contributed by atoms with Crippen LogP contribution in [0.5, 0.6) is 0 Å². The van der Waals surface area contributed by atoms with Crippen LogP contribution in [0.15, 0.2) is 6.07 Å². The van der Waals surface area contributed by atoms with E-state index in [4.69, 9.17) is 0 Å². The molecular weight excluding hydrogens is 200 g/mol. The molecule has 0 radical (unpaired) electrons. The van der Waals surface area contributed by atoms with Gasteiger partial charge in [0.25, 0.3) is 0 Å². The minimum Gasteiger partial charge on any atom is -0.391 e. The Labute approximate surface area is 98.5 Å². The molecule has 0 saturated heterocycles. The second kappa shape index (κ2) is 5.00. The van der Waals surface area contributed by atoms with Crippen molar-refractivity contribution in [1.29, 1.82) is 0 Å². The van der Waals surface area contributed by atoms with E-state index in [1.54, 1.807) is 0 Å². The Kier molecular flexibility index (Phi) is 4.14. The maximum atomic E-state index is 10.1. The molecule has 92 valence electrons. The van der Waals surface area contributed by atoms with Crippen molar-refractivity contribution in [2.24, 2.45) is 5.41 Å². The van der Waals surface area contributed by atoms with Gasteiger partial charge in [-0.2, -0.15) is 5.10 Å². The lowest BCUT2D eigenvalue weighted by atomic mass is 9.89. The lowest BCUT2D eigenvalue weighted by Gasteiger charge is -2.26. The van der Waals surface area contributed by atoms with Crippen LogP contribution in [-0.4, -0.2) is 21.0 Å². The Morgan fingerprint density at radius 1 is 1.31 bits per heavy atom. The van der Waals surface area contributed by atoms with Crippen molar-refractivity contribution in [3.63, 3.8) is 0 Å². The van der Waals surface area contributed by atoms with Crippen LogP contribution in [0.4, 0.5) is 0 Å². The van der Waals surface area contributed by atoms with Crippen molar-refractivity contribution in [2.75, 3.05) is 0 Å². The van der Waals surface area contributed by atoms with Gasteiger partial charge < -0.3 is 5.11 Å². The molecule has 1 N–H and O–H groups in total. The maximum Gasteiger partial charge on any atom is 0.0784 e. The van der Waals surface area contributed by atoms with Gasteiger partial charge in [-0.05, 0) is 24.3 Å². The van der Waals surface area contributed by atoms with Crippen molar-refractivity contribution in [2.45, 2.75) is 60.1 Å². The highest BCUT2D eigenvalue weighted by Gasteiger charge is 2.23. The van der Waals surface area contributed by atoms with E-state index in [0.717, 1.165) is 18.5 Å². The molecule has 1 atom stereocenters. The lowest BCUT2D eigenvalue weighted by Crippen LogP contribution is -2.31. The van der Waals surface area contributed by atoms with Gasteiger partial charge in [-0.25, -0.2) is 0 Å². The van der Waals surface area contributed by atoms with E-state index in [1.165, 1.54) is 5.69 Å². The Morgan fingerprint density at radius 3 is 2.38 bits per heavy atom. The number of hydrogen-bond donors (Lipinski definition) is 1. The summed E-state index contributed by atoms with van der Waals surface area (Å²) in [6, 6.07) is 2.13. The summed E-state index contributed by atoms with van der Waals surface area (Å²) in [7, 11) is 0. The fraction of sp³-hybridized carbons (Fsp3) is 0.769. The topological polar surface area (TPSA) is 38.0 Å². The van der Waals surface area contributed by atoms with E-state index in [2.05, 4.69) is 25.0 Å². The molecule has 1 aromatic heterocycles. The zero-order valence-corrected chi connectivity index (χ0v) is 11.1. The average molecular weight is 224 g/mol. The molecule has 3 nitrogen and oxygen atoms in total. The van der Waals surface area contributed by atoms with E-state index in [0.29, 0.717) is 6.54 Å². The molecule has 0 aromatic carbocycles. The molecule has 3 heteroatoms. The molecule has 0 fully saturated rings. The smallest absolute Gasteiger partial charge is 0.0784 e. The van der Waals surface area contributed by atoms with Crippen LogP contribution in [0.3, 0.4) is 0 Å². The van der Waals surface area contributed by atoms with Crippen molar-refractivity contribution in [1.82, 2.24) is 9.78 Å². The van der Waals surface area contributed by atoms with Crippen LogP contribution >= 0.6 is 0 Å². The predicted octanol–water partition coefficient (Wildman–Crippen LogP) is 2.41. The second-order valence-corrected chi connectivity index (χ2v) is 5.40. The Bertz CT molecular complexity index is 336. The van der Waals surface area contributed by atoms with Crippen LogP contribution in [0.2, 0.25) is 0 Å². The van der Waals surface area contributed by atoms with Crippen molar-refractivity contribution in [3.05, 3.63) is 17.5 Å². The monoisotopic (exact) mass is 224 g/mol. The normalized spacial score (nSPS) is 14.1. The maximum absolute atomic E-state index is 10.1. The van der Waals surface area contributed by atoms with Crippen molar-refractivity contribution >= 4 is 0 Å². The standard InChI is InChI=1S/C13H24N2O/c1-6-10-8-11(7-2)15(14-10)9-12(16)13(3,4)5/h8,12,16H,6-7,9H2,1-5H3. The number of hydrogen-bond acceptors (Lipinski definition) is 2. The van der Waals surface area contributed by atoms with Gasteiger partial charge in [0.15, 0.2) is 0 Å². The quantitative estimate of drug-likeness (QED) is 0.853. The minimum atomic E-state index is -0.359. The first kappa shape index (κ1) is 13.2.